The highest BCUT2D eigenvalue weighted by Gasteiger charge is 2.19. The second-order valence-electron chi connectivity index (χ2n) is 3.94. The molecule has 0 aromatic carbocycles. The molecule has 0 aliphatic heterocycles. The van der Waals surface area contributed by atoms with Crippen LogP contribution in [-0.2, 0) is 22.0 Å². The molecule has 0 radical (unpaired) electrons. The summed E-state index contributed by atoms with van der Waals surface area (Å²) in [6.45, 7) is -0.958. The number of alkyl halides is 2. The van der Waals surface area contributed by atoms with E-state index in [1.165, 1.54) is 17.0 Å². The molecule has 2 aromatic rings. The van der Waals surface area contributed by atoms with Crippen LogP contribution in [0.4, 0.5) is 8.78 Å². The van der Waals surface area contributed by atoms with E-state index in [2.05, 4.69) is 9.97 Å². The van der Waals surface area contributed by atoms with Crippen LogP contribution < -0.4 is 0 Å². The van der Waals surface area contributed by atoms with Gasteiger partial charge in [0.05, 0.1) is 6.54 Å². The first-order chi connectivity index (χ1) is 9.32. The Kier molecular flexibility index (Phi) is 4.09. The molecule has 0 saturated heterocycles. The molecule has 20 heavy (non-hydrogen) atoms. The summed E-state index contributed by atoms with van der Waals surface area (Å²) in [6.07, 6.45) is 4.05. The highest BCUT2D eigenvalue weighted by molar-refractivity contribution is 8.13. The van der Waals surface area contributed by atoms with E-state index < -0.39 is 15.6 Å². The molecule has 0 atom stereocenters. The topological polar surface area (TPSA) is 69.8 Å². The molecule has 0 unspecified atom stereocenters. The summed E-state index contributed by atoms with van der Waals surface area (Å²) in [7, 11) is 1.26. The molecule has 2 rings (SSSR count). The van der Waals surface area contributed by atoms with E-state index in [1.807, 2.05) is 0 Å². The zero-order valence-corrected chi connectivity index (χ0v) is 11.9. The number of aromatic nitrogens is 4. The SMILES string of the molecule is CCc1nc(S(=O)(=O)Cl)cn1Cc1nccn1C(F)F. The van der Waals surface area contributed by atoms with Crippen molar-refractivity contribution in [3.8, 4) is 0 Å². The molecule has 2 heterocycles. The zero-order valence-electron chi connectivity index (χ0n) is 10.4. The van der Waals surface area contributed by atoms with E-state index in [-0.39, 0.29) is 17.4 Å². The van der Waals surface area contributed by atoms with E-state index in [0.29, 0.717) is 16.8 Å². The van der Waals surface area contributed by atoms with Crippen LogP contribution in [0.1, 0.15) is 25.1 Å². The van der Waals surface area contributed by atoms with Crippen LogP contribution in [0.5, 0.6) is 0 Å². The fourth-order valence-electron chi connectivity index (χ4n) is 1.76. The highest BCUT2D eigenvalue weighted by atomic mass is 35.7. The van der Waals surface area contributed by atoms with Crippen LogP contribution in [-0.4, -0.2) is 27.5 Å². The largest absolute Gasteiger partial charge is 0.326 e. The van der Waals surface area contributed by atoms with E-state index >= 15 is 0 Å². The minimum atomic E-state index is -3.96. The fraction of sp³-hybridized carbons (Fsp3) is 0.400. The van der Waals surface area contributed by atoms with Crippen molar-refractivity contribution in [2.75, 3.05) is 0 Å². The van der Waals surface area contributed by atoms with Gasteiger partial charge in [-0.1, -0.05) is 6.92 Å². The molecule has 10 heteroatoms. The standard InChI is InChI=1S/C10H11ClF2N4O2S/c1-2-7-15-9(20(11,18)19)6-16(7)5-8-14-3-4-17(8)10(12)13/h3-4,6,10H,2,5H2,1H3. The average Bonchev–Trinajstić information content (AvgIpc) is 2.95. The minimum absolute atomic E-state index is 0.0140. The van der Waals surface area contributed by atoms with Gasteiger partial charge in [0.1, 0.15) is 11.6 Å². The van der Waals surface area contributed by atoms with Crippen LogP contribution in [0.25, 0.3) is 0 Å². The molecule has 110 valence electrons. The molecule has 0 aliphatic rings. The summed E-state index contributed by atoms with van der Waals surface area (Å²) >= 11 is 0. The number of rotatable bonds is 5. The lowest BCUT2D eigenvalue weighted by atomic mass is 10.4. The third kappa shape index (κ3) is 2.98. The Hall–Kier alpha value is -1.48. The lowest BCUT2D eigenvalue weighted by Gasteiger charge is -2.08. The Balaban J connectivity index is 2.38. The lowest BCUT2D eigenvalue weighted by molar-refractivity contribution is 0.0666. The van der Waals surface area contributed by atoms with Crippen molar-refractivity contribution in [3.05, 3.63) is 30.2 Å². The van der Waals surface area contributed by atoms with E-state index in [1.54, 1.807) is 6.92 Å². The van der Waals surface area contributed by atoms with Crippen molar-refractivity contribution in [2.45, 2.75) is 31.5 Å². The summed E-state index contributed by atoms with van der Waals surface area (Å²) in [5.74, 6) is 0.527. The van der Waals surface area contributed by atoms with Gasteiger partial charge in [-0.05, 0) is 0 Å². The molecular formula is C10H11ClF2N4O2S. The van der Waals surface area contributed by atoms with E-state index in [0.717, 1.165) is 6.20 Å². The first-order valence-electron chi connectivity index (χ1n) is 5.63. The second kappa shape index (κ2) is 5.49. The Morgan fingerprint density at radius 2 is 2.10 bits per heavy atom. The fourth-order valence-corrected chi connectivity index (χ4v) is 2.45. The van der Waals surface area contributed by atoms with Crippen LogP contribution in [0.2, 0.25) is 0 Å². The first-order valence-corrected chi connectivity index (χ1v) is 7.94. The van der Waals surface area contributed by atoms with Crippen molar-refractivity contribution in [1.82, 2.24) is 19.1 Å². The van der Waals surface area contributed by atoms with Gasteiger partial charge < -0.3 is 4.57 Å². The van der Waals surface area contributed by atoms with Crippen LogP contribution in [0, 0.1) is 0 Å². The quantitative estimate of drug-likeness (QED) is 0.789. The van der Waals surface area contributed by atoms with Gasteiger partial charge in [-0.3, -0.25) is 4.57 Å². The first kappa shape index (κ1) is 14.9. The van der Waals surface area contributed by atoms with Crippen molar-refractivity contribution in [2.24, 2.45) is 0 Å². The van der Waals surface area contributed by atoms with E-state index in [4.69, 9.17) is 10.7 Å². The number of hydrogen-bond donors (Lipinski definition) is 0. The number of aryl methyl sites for hydroxylation is 1. The molecule has 0 amide bonds. The average molecular weight is 325 g/mol. The van der Waals surface area contributed by atoms with Crippen LogP contribution in [0.15, 0.2) is 23.6 Å². The van der Waals surface area contributed by atoms with Gasteiger partial charge in [0.2, 0.25) is 0 Å². The molecule has 2 aromatic heterocycles. The van der Waals surface area contributed by atoms with Gasteiger partial charge in [-0.25, -0.2) is 18.4 Å². The summed E-state index contributed by atoms with van der Waals surface area (Å²) in [5, 5.41) is -0.300. The van der Waals surface area contributed by atoms with Gasteiger partial charge in [0.25, 0.3) is 9.05 Å². The maximum absolute atomic E-state index is 12.7. The number of imidazole rings is 2. The van der Waals surface area contributed by atoms with Crippen molar-refractivity contribution >= 4 is 19.7 Å². The minimum Gasteiger partial charge on any atom is -0.326 e. The summed E-state index contributed by atoms with van der Waals surface area (Å²) in [4.78, 5) is 7.71. The molecular weight excluding hydrogens is 314 g/mol. The molecule has 0 aliphatic carbocycles. The Morgan fingerprint density at radius 3 is 2.65 bits per heavy atom. The third-order valence-electron chi connectivity index (χ3n) is 2.67. The molecule has 6 nitrogen and oxygen atoms in total. The number of hydrogen-bond acceptors (Lipinski definition) is 4. The molecule has 0 N–H and O–H groups in total. The maximum Gasteiger partial charge on any atom is 0.319 e. The maximum atomic E-state index is 12.7. The normalized spacial score (nSPS) is 12.2. The van der Waals surface area contributed by atoms with Gasteiger partial charge in [-0.15, -0.1) is 0 Å². The van der Waals surface area contributed by atoms with Gasteiger partial charge >= 0.3 is 6.55 Å². The molecule has 0 spiro atoms. The molecule has 0 bridgehead atoms. The Morgan fingerprint density at radius 1 is 1.40 bits per heavy atom. The van der Waals surface area contributed by atoms with Crippen molar-refractivity contribution < 1.29 is 17.2 Å². The van der Waals surface area contributed by atoms with Gasteiger partial charge in [0.15, 0.2) is 5.03 Å². The van der Waals surface area contributed by atoms with Gasteiger partial charge in [0, 0.05) is 35.7 Å². The summed E-state index contributed by atoms with van der Waals surface area (Å²) < 4.78 is 50.1. The third-order valence-corrected chi connectivity index (χ3v) is 3.84. The van der Waals surface area contributed by atoms with E-state index in [9.17, 15) is 17.2 Å². The van der Waals surface area contributed by atoms with Crippen LogP contribution in [0.3, 0.4) is 0 Å². The highest BCUT2D eigenvalue weighted by Crippen LogP contribution is 2.18. The number of halogens is 3. The molecule has 0 fully saturated rings. The summed E-state index contributed by atoms with van der Waals surface area (Å²) in [5.41, 5.74) is 0. The number of nitrogens with zero attached hydrogens (tertiary/aromatic N) is 4. The van der Waals surface area contributed by atoms with Gasteiger partial charge in [-0.2, -0.15) is 8.78 Å². The Bertz CT molecular complexity index is 711. The van der Waals surface area contributed by atoms with Crippen LogP contribution >= 0.6 is 10.7 Å². The molecule has 0 saturated carbocycles. The predicted octanol–water partition coefficient (Wildman–Crippen LogP) is 2.01. The Labute approximate surface area is 118 Å². The monoisotopic (exact) mass is 324 g/mol. The lowest BCUT2D eigenvalue weighted by Crippen LogP contribution is -2.10. The summed E-state index contributed by atoms with van der Waals surface area (Å²) in [6, 6.07) is 0. The van der Waals surface area contributed by atoms with Crippen molar-refractivity contribution in [1.29, 1.82) is 0 Å². The zero-order chi connectivity index (χ0) is 14.9. The predicted molar refractivity (Wildman–Crippen MR) is 67.2 cm³/mol. The second-order valence-corrected chi connectivity index (χ2v) is 6.46. The smallest absolute Gasteiger partial charge is 0.319 e. The van der Waals surface area contributed by atoms with Crippen molar-refractivity contribution in [3.63, 3.8) is 0 Å².